The number of carbonyl (C=O) groups excluding carboxylic acids is 2. The standard InChI is InChI=1S/C56H108NO8P/c1-6-8-10-12-14-15-16-17-18-19-20-21-22-23-24-25-26-27-28-29-30-31-32-33-34-35-36-37-38-39-40-41-43-45-47-49-56(59)65-54(53-64-66(60,61)63-51-50-57(3,4)5)52-62-55(58)48-46-44-42-13-11-9-7-2/h16-17,19-20,54H,6-15,18,21-53H2,1-5H3/b17-16-,20-19-. The van der Waals surface area contributed by atoms with Gasteiger partial charge in [0.15, 0.2) is 6.10 Å². The normalized spacial score (nSPS) is 13.5. The quantitative estimate of drug-likeness (QED) is 0.0195. The Labute approximate surface area is 409 Å². The Kier molecular flexibility index (Phi) is 47.4. The smallest absolute Gasteiger partial charge is 0.306 e. The lowest BCUT2D eigenvalue weighted by Crippen LogP contribution is -2.37. The van der Waals surface area contributed by atoms with E-state index < -0.39 is 26.5 Å². The largest absolute Gasteiger partial charge is 0.756 e. The van der Waals surface area contributed by atoms with Crippen molar-refractivity contribution in [2.75, 3.05) is 47.5 Å². The van der Waals surface area contributed by atoms with Crippen LogP contribution in [0.2, 0.25) is 0 Å². The van der Waals surface area contributed by atoms with Crippen LogP contribution in [0.4, 0.5) is 0 Å². The minimum Gasteiger partial charge on any atom is -0.756 e. The highest BCUT2D eigenvalue weighted by molar-refractivity contribution is 7.45. The van der Waals surface area contributed by atoms with Gasteiger partial charge >= 0.3 is 11.9 Å². The number of unbranched alkanes of at least 4 members (excludes halogenated alkanes) is 34. The van der Waals surface area contributed by atoms with Crippen LogP contribution in [0.3, 0.4) is 0 Å². The fraction of sp³-hybridized carbons (Fsp3) is 0.893. The topological polar surface area (TPSA) is 111 Å². The molecule has 0 spiro atoms. The second-order valence-corrected chi connectivity index (χ2v) is 21.7. The summed E-state index contributed by atoms with van der Waals surface area (Å²) >= 11 is 0. The summed E-state index contributed by atoms with van der Waals surface area (Å²) in [5.74, 6) is -0.828. The van der Waals surface area contributed by atoms with E-state index >= 15 is 0 Å². The van der Waals surface area contributed by atoms with E-state index in [-0.39, 0.29) is 32.0 Å². The Morgan fingerprint density at radius 1 is 0.470 bits per heavy atom. The summed E-state index contributed by atoms with van der Waals surface area (Å²) in [4.78, 5) is 37.5. The maximum Gasteiger partial charge on any atom is 0.306 e. The second-order valence-electron chi connectivity index (χ2n) is 20.3. The van der Waals surface area contributed by atoms with E-state index in [4.69, 9.17) is 18.5 Å². The molecule has 2 atom stereocenters. The van der Waals surface area contributed by atoms with Crippen LogP contribution in [0.15, 0.2) is 24.3 Å². The van der Waals surface area contributed by atoms with Gasteiger partial charge in [-0.2, -0.15) is 0 Å². The number of esters is 2. The molecule has 0 aromatic heterocycles. The molecule has 0 radical (unpaired) electrons. The minimum atomic E-state index is -4.62. The third-order valence-corrected chi connectivity index (χ3v) is 13.4. The van der Waals surface area contributed by atoms with Gasteiger partial charge in [-0.15, -0.1) is 0 Å². The molecule has 0 aliphatic rings. The van der Waals surface area contributed by atoms with Gasteiger partial charge in [-0.3, -0.25) is 14.2 Å². The van der Waals surface area contributed by atoms with Crippen molar-refractivity contribution in [3.63, 3.8) is 0 Å². The van der Waals surface area contributed by atoms with Gasteiger partial charge < -0.3 is 27.9 Å². The predicted octanol–water partition coefficient (Wildman–Crippen LogP) is 16.4. The van der Waals surface area contributed by atoms with Gasteiger partial charge in [0, 0.05) is 12.8 Å². The molecule has 66 heavy (non-hydrogen) atoms. The number of hydrogen-bond donors (Lipinski definition) is 0. The molecule has 0 aliphatic heterocycles. The van der Waals surface area contributed by atoms with Crippen LogP contribution >= 0.6 is 7.82 Å². The first-order valence-electron chi connectivity index (χ1n) is 28.0. The Morgan fingerprint density at radius 3 is 1.20 bits per heavy atom. The highest BCUT2D eigenvalue weighted by Crippen LogP contribution is 2.38. The van der Waals surface area contributed by atoms with Crippen molar-refractivity contribution in [1.82, 2.24) is 0 Å². The van der Waals surface area contributed by atoms with Crippen molar-refractivity contribution in [3.8, 4) is 0 Å². The van der Waals surface area contributed by atoms with Gasteiger partial charge in [-0.05, 0) is 44.9 Å². The average Bonchev–Trinajstić information content (AvgIpc) is 3.27. The van der Waals surface area contributed by atoms with E-state index in [1.807, 2.05) is 21.1 Å². The van der Waals surface area contributed by atoms with Crippen molar-refractivity contribution >= 4 is 19.8 Å². The van der Waals surface area contributed by atoms with Crippen LogP contribution in [0, 0.1) is 0 Å². The fourth-order valence-electron chi connectivity index (χ4n) is 8.10. The first-order chi connectivity index (χ1) is 32.0. The van der Waals surface area contributed by atoms with Gasteiger partial charge in [-0.1, -0.05) is 237 Å². The summed E-state index contributed by atoms with van der Waals surface area (Å²) < 4.78 is 33.9. The zero-order chi connectivity index (χ0) is 48.5. The van der Waals surface area contributed by atoms with Gasteiger partial charge in [-0.25, -0.2) is 0 Å². The van der Waals surface area contributed by atoms with E-state index in [1.54, 1.807) is 0 Å². The molecule has 0 aromatic rings. The van der Waals surface area contributed by atoms with Crippen LogP contribution in [0.5, 0.6) is 0 Å². The average molecular weight is 954 g/mol. The molecule has 0 aromatic carbocycles. The van der Waals surface area contributed by atoms with Crippen molar-refractivity contribution < 1.29 is 42.1 Å². The number of nitrogens with zero attached hydrogens (tertiary/aromatic N) is 1. The summed E-state index contributed by atoms with van der Waals surface area (Å²) in [5, 5.41) is 0. The Hall–Kier alpha value is -1.51. The van der Waals surface area contributed by atoms with Gasteiger partial charge in [0.1, 0.15) is 19.8 Å². The Morgan fingerprint density at radius 2 is 0.818 bits per heavy atom. The molecule has 2 unspecified atom stereocenters. The molecule has 0 fully saturated rings. The molecule has 0 aliphatic carbocycles. The molecular formula is C56H108NO8P. The first-order valence-corrected chi connectivity index (χ1v) is 29.5. The Balaban J connectivity index is 3.82. The lowest BCUT2D eigenvalue weighted by molar-refractivity contribution is -0.870. The monoisotopic (exact) mass is 954 g/mol. The lowest BCUT2D eigenvalue weighted by Gasteiger charge is -2.28. The van der Waals surface area contributed by atoms with E-state index in [2.05, 4.69) is 38.2 Å². The van der Waals surface area contributed by atoms with E-state index in [0.717, 1.165) is 38.5 Å². The predicted molar refractivity (Wildman–Crippen MR) is 278 cm³/mol. The van der Waals surface area contributed by atoms with Crippen LogP contribution in [-0.4, -0.2) is 70.0 Å². The Bertz CT molecular complexity index is 1170. The molecule has 390 valence electrons. The first kappa shape index (κ1) is 64.5. The summed E-state index contributed by atoms with van der Waals surface area (Å²) in [6.45, 7) is 4.20. The minimum absolute atomic E-state index is 0.0274. The molecular weight excluding hydrogens is 846 g/mol. The zero-order valence-electron chi connectivity index (χ0n) is 44.2. The van der Waals surface area contributed by atoms with E-state index in [9.17, 15) is 19.0 Å². The molecule has 0 saturated heterocycles. The van der Waals surface area contributed by atoms with E-state index in [0.29, 0.717) is 17.4 Å². The fourth-order valence-corrected chi connectivity index (χ4v) is 8.83. The van der Waals surface area contributed by atoms with E-state index in [1.165, 1.54) is 199 Å². The summed E-state index contributed by atoms with van der Waals surface area (Å²) in [7, 11) is 1.18. The van der Waals surface area contributed by atoms with Gasteiger partial charge in [0.2, 0.25) is 0 Å². The molecule has 10 heteroatoms. The number of likely N-dealkylation sites (N-methyl/N-ethyl adjacent to an activating group) is 1. The second kappa shape index (κ2) is 48.5. The van der Waals surface area contributed by atoms with Crippen LogP contribution in [0.25, 0.3) is 0 Å². The highest BCUT2D eigenvalue weighted by Gasteiger charge is 2.21. The number of hydrogen-bond acceptors (Lipinski definition) is 8. The van der Waals surface area contributed by atoms with Crippen LogP contribution in [0.1, 0.15) is 271 Å². The third kappa shape index (κ3) is 51.9. The molecule has 0 amide bonds. The highest BCUT2D eigenvalue weighted by atomic mass is 31.2. The van der Waals surface area contributed by atoms with Crippen LogP contribution in [-0.2, 0) is 32.7 Å². The number of allylic oxidation sites excluding steroid dienone is 4. The number of ether oxygens (including phenoxy) is 2. The maximum atomic E-state index is 12.7. The number of phosphoric ester groups is 1. The number of quaternary nitrogens is 1. The molecule has 0 bridgehead atoms. The van der Waals surface area contributed by atoms with Crippen LogP contribution < -0.4 is 4.89 Å². The third-order valence-electron chi connectivity index (χ3n) is 12.5. The van der Waals surface area contributed by atoms with Crippen molar-refractivity contribution in [3.05, 3.63) is 24.3 Å². The molecule has 0 N–H and O–H groups in total. The summed E-state index contributed by atoms with van der Waals surface area (Å²) in [6.07, 6.45) is 57.1. The molecule has 0 rings (SSSR count). The van der Waals surface area contributed by atoms with Crippen molar-refractivity contribution in [2.45, 2.75) is 277 Å². The number of carbonyl (C=O) groups is 2. The number of phosphoric acid groups is 1. The summed E-state index contributed by atoms with van der Waals surface area (Å²) in [5.41, 5.74) is 0. The van der Waals surface area contributed by atoms with Crippen molar-refractivity contribution in [1.29, 1.82) is 0 Å². The van der Waals surface area contributed by atoms with Gasteiger partial charge in [0.05, 0.1) is 27.7 Å². The molecule has 0 saturated carbocycles. The maximum absolute atomic E-state index is 12.7. The van der Waals surface area contributed by atoms with Gasteiger partial charge in [0.25, 0.3) is 7.82 Å². The SMILES string of the molecule is CCCCCCC/C=C\C/C=C\CCCCCCCCCCCCCCCCCCCCCCCCCC(=O)OC(COC(=O)CCCCCCCCC)COP(=O)([O-])OCC[N+](C)(C)C. The summed E-state index contributed by atoms with van der Waals surface area (Å²) in [6, 6.07) is 0. The number of rotatable bonds is 52. The molecule has 9 nitrogen and oxygen atoms in total. The van der Waals surface area contributed by atoms with Crippen molar-refractivity contribution in [2.24, 2.45) is 0 Å². The zero-order valence-corrected chi connectivity index (χ0v) is 45.1. The molecule has 0 heterocycles. The lowest BCUT2D eigenvalue weighted by atomic mass is 10.0.